The number of carbonyl (C=O) groups excluding carboxylic acids is 2. The zero-order chi connectivity index (χ0) is 33.9. The Kier molecular flexibility index (Phi) is 13.3. The van der Waals surface area contributed by atoms with Gasteiger partial charge in [-0.25, -0.2) is 19.9 Å². The molecule has 5 aromatic rings. The van der Waals surface area contributed by atoms with E-state index in [9.17, 15) is 9.59 Å². The largest absolute Gasteiger partial charge is 0.497 e. The number of aromatic nitrogens is 4. The van der Waals surface area contributed by atoms with E-state index in [4.69, 9.17) is 44.3 Å². The van der Waals surface area contributed by atoms with Gasteiger partial charge in [-0.15, -0.1) is 0 Å². The topological polar surface area (TPSA) is 116 Å². The van der Waals surface area contributed by atoms with Crippen LogP contribution < -0.4 is 14.8 Å². The molecule has 0 fully saturated rings. The molecule has 0 bridgehead atoms. The molecule has 0 aliphatic heterocycles. The molecule has 0 atom stereocenters. The maximum absolute atomic E-state index is 13.0. The summed E-state index contributed by atoms with van der Waals surface area (Å²) in [5.74, 6) is 1.24. The van der Waals surface area contributed by atoms with Gasteiger partial charge in [0.1, 0.15) is 22.5 Å². The number of carbonyl (C=O) groups is 2. The van der Waals surface area contributed by atoms with Crippen LogP contribution in [0.3, 0.4) is 0 Å². The smallest absolute Gasteiger partial charge is 0.198 e. The second kappa shape index (κ2) is 17.3. The molecule has 3 aromatic carbocycles. The summed E-state index contributed by atoms with van der Waals surface area (Å²) in [6.07, 6.45) is 6.70. The molecule has 0 amide bonds. The first-order chi connectivity index (χ1) is 22.7. The van der Waals surface area contributed by atoms with Crippen LogP contribution in [0.15, 0.2) is 89.4 Å². The van der Waals surface area contributed by atoms with Gasteiger partial charge in [0.2, 0.25) is 0 Å². The van der Waals surface area contributed by atoms with Gasteiger partial charge in [0, 0.05) is 40.1 Å². The first-order valence-corrected chi connectivity index (χ1v) is 17.3. The minimum Gasteiger partial charge on any atom is -0.497 e. The van der Waals surface area contributed by atoms with Crippen molar-refractivity contribution in [2.45, 2.75) is 16.9 Å². The van der Waals surface area contributed by atoms with Gasteiger partial charge in [0.15, 0.2) is 21.9 Å². The summed E-state index contributed by atoms with van der Waals surface area (Å²) >= 11 is 21.0. The first-order valence-electron chi connectivity index (χ1n) is 13.7. The first kappa shape index (κ1) is 36.0. The molecule has 9 nitrogen and oxygen atoms in total. The number of nitrogens with zero attached hydrogens (tertiary/aromatic N) is 4. The van der Waals surface area contributed by atoms with Crippen molar-refractivity contribution in [3.8, 4) is 11.5 Å². The van der Waals surface area contributed by atoms with Crippen molar-refractivity contribution in [2.75, 3.05) is 32.0 Å². The van der Waals surface area contributed by atoms with E-state index in [-0.39, 0.29) is 22.3 Å². The van der Waals surface area contributed by atoms with E-state index in [2.05, 4.69) is 25.3 Å². The molecule has 0 radical (unpaired) electrons. The Morgan fingerprint density at radius 1 is 0.745 bits per heavy atom. The van der Waals surface area contributed by atoms with Gasteiger partial charge >= 0.3 is 0 Å². The van der Waals surface area contributed by atoms with Gasteiger partial charge in [0.25, 0.3) is 0 Å². The lowest BCUT2D eigenvalue weighted by Crippen LogP contribution is -2.11. The summed E-state index contributed by atoms with van der Waals surface area (Å²) in [5.41, 5.74) is 2.48. The van der Waals surface area contributed by atoms with E-state index in [1.165, 1.54) is 35.9 Å². The molecule has 2 aromatic heterocycles. The Morgan fingerprint density at radius 3 is 1.83 bits per heavy atom. The Labute approximate surface area is 295 Å². The average Bonchev–Trinajstić information content (AvgIpc) is 3.10. The number of rotatable bonds is 11. The van der Waals surface area contributed by atoms with Crippen molar-refractivity contribution in [2.24, 2.45) is 0 Å². The lowest BCUT2D eigenvalue weighted by Gasteiger charge is -2.12. The molecule has 0 spiro atoms. The normalized spacial score (nSPS) is 10.4. The van der Waals surface area contributed by atoms with E-state index in [1.807, 2.05) is 18.6 Å². The van der Waals surface area contributed by atoms with Crippen molar-refractivity contribution >= 4 is 75.7 Å². The van der Waals surface area contributed by atoms with Crippen LogP contribution in [0.5, 0.6) is 11.5 Å². The number of hydrogen-bond donors (Lipinski definition) is 1. The lowest BCUT2D eigenvalue weighted by atomic mass is 10.0. The second-order valence-electron chi connectivity index (χ2n) is 9.39. The van der Waals surface area contributed by atoms with Crippen molar-refractivity contribution in [1.82, 2.24) is 19.9 Å². The molecule has 0 saturated heterocycles. The number of methoxy groups -OCH3 is 2. The molecule has 0 aliphatic carbocycles. The highest BCUT2D eigenvalue weighted by atomic mass is 35.5. The zero-order valence-electron chi connectivity index (χ0n) is 25.6. The monoisotopic (exact) mass is 727 g/mol. The van der Waals surface area contributed by atoms with Gasteiger partial charge in [-0.3, -0.25) is 9.59 Å². The number of ether oxygens (including phenoxy) is 2. The molecular formula is C33H28Cl3N5O4S2. The number of benzene rings is 3. The van der Waals surface area contributed by atoms with E-state index in [1.54, 1.807) is 74.9 Å². The van der Waals surface area contributed by atoms with Crippen LogP contribution >= 0.6 is 58.3 Å². The molecule has 242 valence electrons. The van der Waals surface area contributed by atoms with Crippen molar-refractivity contribution in [3.05, 3.63) is 122 Å². The Bertz CT molecular complexity index is 1900. The molecule has 1 N–H and O–H groups in total. The lowest BCUT2D eigenvalue weighted by molar-refractivity contribution is 0.103. The summed E-state index contributed by atoms with van der Waals surface area (Å²) in [5, 5.41) is 5.56. The molecule has 0 unspecified atom stereocenters. The maximum atomic E-state index is 13.0. The van der Waals surface area contributed by atoms with Crippen LogP contribution in [0.25, 0.3) is 0 Å². The van der Waals surface area contributed by atoms with E-state index in [0.717, 1.165) is 5.56 Å². The second-order valence-corrected chi connectivity index (χ2v) is 12.1. The predicted octanol–water partition coefficient (Wildman–Crippen LogP) is 8.45. The Morgan fingerprint density at radius 2 is 1.30 bits per heavy atom. The molecule has 5 rings (SSSR count). The van der Waals surface area contributed by atoms with E-state index in [0.29, 0.717) is 60.9 Å². The summed E-state index contributed by atoms with van der Waals surface area (Å²) in [4.78, 5) is 42.2. The third-order valence-electron chi connectivity index (χ3n) is 6.47. The number of hydrogen-bond acceptors (Lipinski definition) is 11. The molecule has 47 heavy (non-hydrogen) atoms. The summed E-state index contributed by atoms with van der Waals surface area (Å²) in [6, 6.07) is 19.1. The number of anilines is 1. The van der Waals surface area contributed by atoms with Gasteiger partial charge in [-0.1, -0.05) is 88.7 Å². The Balaban J connectivity index is 0.000000229. The van der Waals surface area contributed by atoms with Crippen LogP contribution in [0, 0.1) is 0 Å². The fourth-order valence-electron chi connectivity index (χ4n) is 4.05. The zero-order valence-corrected chi connectivity index (χ0v) is 29.5. The van der Waals surface area contributed by atoms with Crippen molar-refractivity contribution in [3.63, 3.8) is 0 Å². The number of nitrogens with one attached hydrogen (secondary N) is 1. The SMILES string of the molecule is COc1cccc(C(=O)c2cnc(SC)nc2Cl)c1.COc1cccc(C(=O)c2cnc(SC)nc2NCc2ccc(Cl)cc2Cl)c1. The highest BCUT2D eigenvalue weighted by Crippen LogP contribution is 2.26. The number of thioether (sulfide) groups is 2. The molecule has 0 aliphatic rings. The highest BCUT2D eigenvalue weighted by Gasteiger charge is 2.18. The van der Waals surface area contributed by atoms with Crippen LogP contribution in [-0.2, 0) is 6.54 Å². The quantitative estimate of drug-likeness (QED) is 0.0611. The van der Waals surface area contributed by atoms with Gasteiger partial charge < -0.3 is 14.8 Å². The van der Waals surface area contributed by atoms with Crippen LogP contribution in [-0.4, -0.2) is 58.2 Å². The fourth-order valence-corrected chi connectivity index (χ4v) is 5.47. The summed E-state index contributed by atoms with van der Waals surface area (Å²) < 4.78 is 10.3. The summed E-state index contributed by atoms with van der Waals surface area (Å²) in [7, 11) is 3.11. The van der Waals surface area contributed by atoms with Crippen LogP contribution in [0.4, 0.5) is 5.82 Å². The van der Waals surface area contributed by atoms with Gasteiger partial charge in [-0.2, -0.15) is 0 Å². The molecule has 0 saturated carbocycles. The van der Waals surface area contributed by atoms with Gasteiger partial charge in [-0.05, 0) is 54.5 Å². The fraction of sp³-hybridized carbons (Fsp3) is 0.152. The Hall–Kier alpha value is -3.87. The van der Waals surface area contributed by atoms with Crippen molar-refractivity contribution in [1.29, 1.82) is 0 Å². The minimum atomic E-state index is -0.225. The molecule has 14 heteroatoms. The average molecular weight is 729 g/mol. The number of ketones is 2. The third kappa shape index (κ3) is 9.59. The minimum absolute atomic E-state index is 0.159. The van der Waals surface area contributed by atoms with Gasteiger partial charge in [0.05, 0.1) is 25.3 Å². The summed E-state index contributed by atoms with van der Waals surface area (Å²) in [6.45, 7) is 0.388. The van der Waals surface area contributed by atoms with E-state index >= 15 is 0 Å². The maximum Gasteiger partial charge on any atom is 0.198 e. The highest BCUT2D eigenvalue weighted by molar-refractivity contribution is 7.98. The standard InChI is InChI=1S/C20H17Cl2N3O2S.C13H11ClN2O2S/c1-27-15-5-3-4-12(8-15)18(26)16-11-24-20(28-2)25-19(16)23-10-13-6-7-14(21)9-17(13)22;1-18-9-5-3-4-8(6-9)11(17)10-7-15-13(19-2)16-12(10)14/h3-9,11H,10H2,1-2H3,(H,23,24,25);3-7H,1-2H3. The third-order valence-corrected chi connectivity index (χ3v) is 8.47. The molecule has 2 heterocycles. The van der Waals surface area contributed by atoms with E-state index < -0.39 is 0 Å². The predicted molar refractivity (Wildman–Crippen MR) is 189 cm³/mol. The van der Waals surface area contributed by atoms with Crippen molar-refractivity contribution < 1.29 is 19.1 Å². The number of halogens is 3. The molecular weight excluding hydrogens is 701 g/mol. The van der Waals surface area contributed by atoms with Crippen LogP contribution in [0.2, 0.25) is 15.2 Å². The van der Waals surface area contributed by atoms with Crippen LogP contribution in [0.1, 0.15) is 37.4 Å².